The lowest BCUT2D eigenvalue weighted by atomic mass is 10.1. The Bertz CT molecular complexity index is 664. The molecule has 1 fully saturated rings. The SMILES string of the molecule is Cc1cc(C2CCCN2C(=O)c2c(F)cccc2F)on1. The van der Waals surface area contributed by atoms with Gasteiger partial charge in [-0.05, 0) is 31.9 Å². The largest absolute Gasteiger partial charge is 0.359 e. The van der Waals surface area contributed by atoms with Crippen molar-refractivity contribution in [3.05, 3.63) is 52.9 Å². The molecule has 110 valence electrons. The molecule has 0 spiro atoms. The van der Waals surface area contributed by atoms with E-state index >= 15 is 0 Å². The average molecular weight is 292 g/mol. The molecule has 2 aromatic rings. The number of amides is 1. The molecule has 1 saturated heterocycles. The Balaban J connectivity index is 1.93. The molecule has 1 amide bonds. The Morgan fingerprint density at radius 2 is 2.10 bits per heavy atom. The molecule has 0 saturated carbocycles. The summed E-state index contributed by atoms with van der Waals surface area (Å²) in [5.41, 5.74) is 0.196. The lowest BCUT2D eigenvalue weighted by Crippen LogP contribution is -2.31. The number of carbonyl (C=O) groups excluding carboxylic acids is 1. The number of rotatable bonds is 2. The first-order chi connectivity index (χ1) is 10.1. The molecule has 4 nitrogen and oxygen atoms in total. The van der Waals surface area contributed by atoms with Crippen LogP contribution in [0.4, 0.5) is 8.78 Å². The Morgan fingerprint density at radius 3 is 2.71 bits per heavy atom. The number of hydrogen-bond acceptors (Lipinski definition) is 3. The van der Waals surface area contributed by atoms with Gasteiger partial charge in [0.05, 0.1) is 11.7 Å². The second kappa shape index (κ2) is 5.27. The Labute approximate surface area is 120 Å². The molecule has 1 aliphatic heterocycles. The summed E-state index contributed by atoms with van der Waals surface area (Å²) in [5.74, 6) is -1.80. The maximum absolute atomic E-state index is 13.8. The van der Waals surface area contributed by atoms with Crippen LogP contribution in [0.25, 0.3) is 0 Å². The topological polar surface area (TPSA) is 46.3 Å². The number of likely N-dealkylation sites (tertiary alicyclic amines) is 1. The summed E-state index contributed by atoms with van der Waals surface area (Å²) in [7, 11) is 0. The quantitative estimate of drug-likeness (QED) is 0.853. The number of aromatic nitrogens is 1. The fourth-order valence-electron chi connectivity index (χ4n) is 2.69. The average Bonchev–Trinajstić information content (AvgIpc) is 3.06. The summed E-state index contributed by atoms with van der Waals surface area (Å²) >= 11 is 0. The summed E-state index contributed by atoms with van der Waals surface area (Å²) in [4.78, 5) is 13.9. The van der Waals surface area contributed by atoms with Crippen molar-refractivity contribution in [2.45, 2.75) is 25.8 Å². The minimum atomic E-state index is -0.848. The maximum atomic E-state index is 13.8. The summed E-state index contributed by atoms with van der Waals surface area (Å²) in [6, 6.07) is 4.83. The van der Waals surface area contributed by atoms with Gasteiger partial charge in [-0.15, -0.1) is 0 Å². The first kappa shape index (κ1) is 13.7. The van der Waals surface area contributed by atoms with Crippen LogP contribution in [-0.2, 0) is 0 Å². The highest BCUT2D eigenvalue weighted by Crippen LogP contribution is 2.34. The zero-order valence-corrected chi connectivity index (χ0v) is 11.5. The van der Waals surface area contributed by atoms with E-state index in [1.165, 1.54) is 11.0 Å². The highest BCUT2D eigenvalue weighted by molar-refractivity contribution is 5.95. The molecule has 0 aliphatic carbocycles. The monoisotopic (exact) mass is 292 g/mol. The molecular weight excluding hydrogens is 278 g/mol. The zero-order valence-electron chi connectivity index (χ0n) is 11.5. The maximum Gasteiger partial charge on any atom is 0.260 e. The molecule has 0 N–H and O–H groups in total. The number of aryl methyl sites for hydroxylation is 1. The van der Waals surface area contributed by atoms with Crippen LogP contribution in [0, 0.1) is 18.6 Å². The van der Waals surface area contributed by atoms with Gasteiger partial charge in [0.2, 0.25) is 0 Å². The van der Waals surface area contributed by atoms with Crippen molar-refractivity contribution in [2.75, 3.05) is 6.54 Å². The van der Waals surface area contributed by atoms with Gasteiger partial charge in [-0.2, -0.15) is 0 Å². The van der Waals surface area contributed by atoms with Crippen LogP contribution in [-0.4, -0.2) is 22.5 Å². The number of halogens is 2. The Hall–Kier alpha value is -2.24. The van der Waals surface area contributed by atoms with Crippen molar-refractivity contribution < 1.29 is 18.1 Å². The smallest absolute Gasteiger partial charge is 0.260 e. The Morgan fingerprint density at radius 1 is 1.38 bits per heavy atom. The molecule has 21 heavy (non-hydrogen) atoms. The van der Waals surface area contributed by atoms with Crippen molar-refractivity contribution in [2.24, 2.45) is 0 Å². The predicted molar refractivity (Wildman–Crippen MR) is 70.6 cm³/mol. The first-order valence-electron chi connectivity index (χ1n) is 6.76. The van der Waals surface area contributed by atoms with Gasteiger partial charge >= 0.3 is 0 Å². The standard InChI is InChI=1S/C15H14F2N2O2/c1-9-8-13(21-18-9)12-6-3-7-19(12)15(20)14-10(16)4-2-5-11(14)17/h2,4-5,8,12H,3,6-7H2,1H3. The van der Waals surface area contributed by atoms with E-state index < -0.39 is 23.1 Å². The van der Waals surface area contributed by atoms with Crippen molar-refractivity contribution in [3.8, 4) is 0 Å². The lowest BCUT2D eigenvalue weighted by Gasteiger charge is -2.23. The molecule has 3 rings (SSSR count). The third kappa shape index (κ3) is 2.41. The van der Waals surface area contributed by atoms with Gasteiger partial charge in [0.1, 0.15) is 17.2 Å². The molecule has 0 radical (unpaired) electrons. The number of nitrogens with zero attached hydrogens (tertiary/aromatic N) is 2. The van der Waals surface area contributed by atoms with E-state index in [1.54, 1.807) is 13.0 Å². The van der Waals surface area contributed by atoms with E-state index in [0.29, 0.717) is 24.4 Å². The number of benzene rings is 1. The zero-order chi connectivity index (χ0) is 15.0. The van der Waals surface area contributed by atoms with E-state index in [2.05, 4.69) is 5.16 Å². The van der Waals surface area contributed by atoms with E-state index in [0.717, 1.165) is 18.6 Å². The lowest BCUT2D eigenvalue weighted by molar-refractivity contribution is 0.0704. The molecule has 1 atom stereocenters. The van der Waals surface area contributed by atoms with Gasteiger partial charge in [0, 0.05) is 12.6 Å². The summed E-state index contributed by atoms with van der Waals surface area (Å²) in [5, 5.41) is 3.80. The van der Waals surface area contributed by atoms with E-state index in [9.17, 15) is 13.6 Å². The highest BCUT2D eigenvalue weighted by Gasteiger charge is 2.35. The molecule has 1 aromatic heterocycles. The van der Waals surface area contributed by atoms with Gasteiger partial charge in [0.15, 0.2) is 5.76 Å². The van der Waals surface area contributed by atoms with Gasteiger partial charge in [0.25, 0.3) is 5.91 Å². The van der Waals surface area contributed by atoms with Gasteiger partial charge < -0.3 is 9.42 Å². The van der Waals surface area contributed by atoms with Crippen molar-refractivity contribution in [1.82, 2.24) is 10.1 Å². The second-order valence-electron chi connectivity index (χ2n) is 5.12. The minimum absolute atomic E-state index is 0.322. The third-order valence-corrected chi connectivity index (χ3v) is 3.66. The van der Waals surface area contributed by atoms with Gasteiger partial charge in [-0.1, -0.05) is 11.2 Å². The normalized spacial score (nSPS) is 18.2. The molecule has 1 unspecified atom stereocenters. The Kier molecular flexibility index (Phi) is 3.45. The molecule has 6 heteroatoms. The van der Waals surface area contributed by atoms with Crippen LogP contribution in [0.3, 0.4) is 0 Å². The predicted octanol–water partition coefficient (Wildman–Crippen LogP) is 3.24. The van der Waals surface area contributed by atoms with E-state index in [-0.39, 0.29) is 6.04 Å². The van der Waals surface area contributed by atoms with Crippen LogP contribution in [0.5, 0.6) is 0 Å². The molecule has 2 heterocycles. The third-order valence-electron chi connectivity index (χ3n) is 3.66. The van der Waals surface area contributed by atoms with E-state index in [1.807, 2.05) is 0 Å². The summed E-state index contributed by atoms with van der Waals surface area (Å²) in [6.45, 7) is 2.22. The van der Waals surface area contributed by atoms with Gasteiger partial charge in [-0.25, -0.2) is 8.78 Å². The van der Waals surface area contributed by atoms with Crippen molar-refractivity contribution >= 4 is 5.91 Å². The van der Waals surface area contributed by atoms with Crippen LogP contribution in [0.2, 0.25) is 0 Å². The van der Waals surface area contributed by atoms with Gasteiger partial charge in [-0.3, -0.25) is 4.79 Å². The molecule has 1 aliphatic rings. The molecule has 0 bridgehead atoms. The van der Waals surface area contributed by atoms with E-state index in [4.69, 9.17) is 4.52 Å². The fourth-order valence-corrected chi connectivity index (χ4v) is 2.69. The number of hydrogen-bond donors (Lipinski definition) is 0. The fraction of sp³-hybridized carbons (Fsp3) is 0.333. The van der Waals surface area contributed by atoms with Crippen LogP contribution in [0.1, 0.15) is 40.7 Å². The van der Waals surface area contributed by atoms with Crippen LogP contribution >= 0.6 is 0 Å². The van der Waals surface area contributed by atoms with Crippen LogP contribution in [0.15, 0.2) is 28.8 Å². The molecular formula is C15H14F2N2O2. The minimum Gasteiger partial charge on any atom is -0.359 e. The summed E-state index contributed by atoms with van der Waals surface area (Å²) in [6.07, 6.45) is 1.45. The number of carbonyl (C=O) groups is 1. The summed E-state index contributed by atoms with van der Waals surface area (Å²) < 4.78 is 32.7. The first-order valence-corrected chi connectivity index (χ1v) is 6.76. The highest BCUT2D eigenvalue weighted by atomic mass is 19.1. The second-order valence-corrected chi connectivity index (χ2v) is 5.12. The van der Waals surface area contributed by atoms with Crippen molar-refractivity contribution in [1.29, 1.82) is 0 Å². The van der Waals surface area contributed by atoms with Crippen LogP contribution < -0.4 is 0 Å². The molecule has 1 aromatic carbocycles. The van der Waals surface area contributed by atoms with Crippen molar-refractivity contribution in [3.63, 3.8) is 0 Å².